The van der Waals surface area contributed by atoms with Crippen molar-refractivity contribution < 1.29 is 32.2 Å². The molecule has 0 aliphatic carbocycles. The summed E-state index contributed by atoms with van der Waals surface area (Å²) < 4.78 is 47.9. The van der Waals surface area contributed by atoms with E-state index in [1.165, 1.54) is 18.2 Å². The van der Waals surface area contributed by atoms with E-state index in [1.807, 2.05) is 11.8 Å². The molecule has 2 amide bonds. The number of nitrogens with zero attached hydrogens (tertiary/aromatic N) is 4. The normalized spacial score (nSPS) is 15.8. The van der Waals surface area contributed by atoms with Crippen molar-refractivity contribution in [1.29, 1.82) is 0 Å². The number of rotatable bonds is 5. The molecule has 34 heavy (non-hydrogen) atoms. The van der Waals surface area contributed by atoms with E-state index in [4.69, 9.17) is 9.72 Å². The molecule has 1 saturated heterocycles. The maximum absolute atomic E-state index is 12.7. The SMILES string of the molecule is CCCNC(=O)N1CCc2c(-c3cccc(OC(=O)C(F)(F)F)c3)nc(N3CCOCC3)nc21. The third-order valence-corrected chi connectivity index (χ3v) is 5.43. The second-order valence-corrected chi connectivity index (χ2v) is 7.82. The van der Waals surface area contributed by atoms with Gasteiger partial charge in [-0.25, -0.2) is 14.6 Å². The number of esters is 1. The van der Waals surface area contributed by atoms with Crippen LogP contribution in [0.15, 0.2) is 24.3 Å². The van der Waals surface area contributed by atoms with Gasteiger partial charge in [0.2, 0.25) is 5.95 Å². The fraction of sp³-hybridized carbons (Fsp3) is 0.455. The number of carbonyl (C=O) groups excluding carboxylic acids is 2. The summed E-state index contributed by atoms with van der Waals surface area (Å²) in [6, 6.07) is 5.47. The van der Waals surface area contributed by atoms with Crippen LogP contribution < -0.4 is 19.9 Å². The summed E-state index contributed by atoms with van der Waals surface area (Å²) in [4.78, 5) is 36.9. The van der Waals surface area contributed by atoms with Crippen LogP contribution in [-0.4, -0.2) is 67.5 Å². The number of fused-ring (bicyclic) bond motifs is 1. The Labute approximate surface area is 193 Å². The van der Waals surface area contributed by atoms with Crippen molar-refractivity contribution in [2.75, 3.05) is 49.2 Å². The van der Waals surface area contributed by atoms with Gasteiger partial charge in [-0.15, -0.1) is 0 Å². The number of urea groups is 1. The lowest BCUT2D eigenvalue weighted by molar-refractivity contribution is -0.189. The number of alkyl halides is 3. The van der Waals surface area contributed by atoms with E-state index < -0.39 is 12.1 Å². The highest BCUT2D eigenvalue weighted by Gasteiger charge is 2.41. The molecule has 12 heteroatoms. The number of anilines is 2. The third-order valence-electron chi connectivity index (χ3n) is 5.43. The molecule has 2 aliphatic rings. The van der Waals surface area contributed by atoms with Crippen molar-refractivity contribution >= 4 is 23.8 Å². The van der Waals surface area contributed by atoms with Gasteiger partial charge in [0.1, 0.15) is 11.6 Å². The Kier molecular flexibility index (Phi) is 6.87. The molecule has 1 N–H and O–H groups in total. The lowest BCUT2D eigenvalue weighted by Crippen LogP contribution is -2.40. The molecule has 1 aromatic carbocycles. The van der Waals surface area contributed by atoms with Crippen LogP contribution in [0.3, 0.4) is 0 Å². The van der Waals surface area contributed by atoms with E-state index in [2.05, 4.69) is 15.0 Å². The first-order valence-corrected chi connectivity index (χ1v) is 11.0. The highest BCUT2D eigenvalue weighted by molar-refractivity contribution is 5.94. The van der Waals surface area contributed by atoms with E-state index >= 15 is 0 Å². The standard InChI is InChI=1S/C22H24F3N5O4/c1-2-7-26-21(32)30-8-6-16-17(27-20(28-18(16)30)29-9-11-33-12-10-29)14-4-3-5-15(13-14)34-19(31)22(23,24)25/h3-5,13H,2,6-12H2,1H3,(H,26,32). The minimum absolute atomic E-state index is 0.254. The molecule has 2 aromatic rings. The van der Waals surface area contributed by atoms with E-state index in [1.54, 1.807) is 11.0 Å². The van der Waals surface area contributed by atoms with Crippen LogP contribution in [0, 0.1) is 0 Å². The Morgan fingerprint density at radius 3 is 2.65 bits per heavy atom. The zero-order valence-corrected chi connectivity index (χ0v) is 18.5. The van der Waals surface area contributed by atoms with Crippen LogP contribution in [0.4, 0.5) is 29.7 Å². The number of ether oxygens (including phenoxy) is 2. The van der Waals surface area contributed by atoms with Gasteiger partial charge in [-0.3, -0.25) is 4.90 Å². The van der Waals surface area contributed by atoms with Crippen molar-refractivity contribution in [2.45, 2.75) is 25.9 Å². The van der Waals surface area contributed by atoms with Gasteiger partial charge in [0, 0.05) is 37.3 Å². The third kappa shape index (κ3) is 5.06. The van der Waals surface area contributed by atoms with Crippen molar-refractivity contribution in [3.8, 4) is 17.0 Å². The lowest BCUT2D eigenvalue weighted by Gasteiger charge is -2.28. The lowest BCUT2D eigenvalue weighted by atomic mass is 10.1. The van der Waals surface area contributed by atoms with Gasteiger partial charge >= 0.3 is 18.2 Å². The molecule has 1 aromatic heterocycles. The second kappa shape index (κ2) is 9.84. The van der Waals surface area contributed by atoms with Gasteiger partial charge in [-0.2, -0.15) is 18.2 Å². The summed E-state index contributed by atoms with van der Waals surface area (Å²) >= 11 is 0. The summed E-state index contributed by atoms with van der Waals surface area (Å²) in [6.45, 7) is 4.98. The summed E-state index contributed by atoms with van der Waals surface area (Å²) in [5, 5.41) is 2.85. The molecule has 1 fully saturated rings. The number of hydrogen-bond acceptors (Lipinski definition) is 7. The van der Waals surface area contributed by atoms with Crippen LogP contribution in [0.5, 0.6) is 5.75 Å². The maximum atomic E-state index is 12.7. The Balaban J connectivity index is 1.74. The number of amides is 2. The zero-order chi connectivity index (χ0) is 24.3. The van der Waals surface area contributed by atoms with Gasteiger partial charge in [0.25, 0.3) is 0 Å². The van der Waals surface area contributed by atoms with E-state index in [0.29, 0.717) is 74.4 Å². The first kappa shape index (κ1) is 23.7. The molecule has 0 saturated carbocycles. The first-order chi connectivity index (χ1) is 16.3. The zero-order valence-electron chi connectivity index (χ0n) is 18.5. The van der Waals surface area contributed by atoms with Crippen LogP contribution in [0.1, 0.15) is 18.9 Å². The Hall–Kier alpha value is -3.41. The highest BCUT2D eigenvalue weighted by atomic mass is 19.4. The predicted octanol–water partition coefficient (Wildman–Crippen LogP) is 2.93. The number of hydrogen-bond donors (Lipinski definition) is 1. The minimum atomic E-state index is -5.11. The molecule has 0 bridgehead atoms. The first-order valence-electron chi connectivity index (χ1n) is 11.0. The monoisotopic (exact) mass is 479 g/mol. The average molecular weight is 479 g/mol. The molecule has 0 radical (unpaired) electrons. The number of nitrogens with one attached hydrogen (secondary N) is 1. The summed E-state index contributed by atoms with van der Waals surface area (Å²) in [5.74, 6) is -1.70. The van der Waals surface area contributed by atoms with E-state index in [0.717, 1.165) is 6.42 Å². The van der Waals surface area contributed by atoms with Crippen molar-refractivity contribution in [3.63, 3.8) is 0 Å². The molecule has 9 nitrogen and oxygen atoms in total. The average Bonchev–Trinajstić information content (AvgIpc) is 3.26. The van der Waals surface area contributed by atoms with Crippen LogP contribution in [0.2, 0.25) is 0 Å². The summed E-state index contributed by atoms with van der Waals surface area (Å²) in [6.07, 6.45) is -3.86. The minimum Gasteiger partial charge on any atom is -0.420 e. The number of halogens is 3. The van der Waals surface area contributed by atoms with Crippen LogP contribution in [0.25, 0.3) is 11.3 Å². The largest absolute Gasteiger partial charge is 0.491 e. The quantitative estimate of drug-likeness (QED) is 0.520. The summed E-state index contributed by atoms with van der Waals surface area (Å²) in [5.41, 5.74) is 1.63. The molecule has 0 atom stereocenters. The molecular weight excluding hydrogens is 455 g/mol. The van der Waals surface area contributed by atoms with E-state index in [-0.39, 0.29) is 11.8 Å². The molecule has 182 valence electrons. The maximum Gasteiger partial charge on any atom is 0.491 e. The molecule has 2 aliphatic heterocycles. The molecule has 0 spiro atoms. The Bertz CT molecular complexity index is 1070. The second-order valence-electron chi connectivity index (χ2n) is 7.82. The Morgan fingerprint density at radius 2 is 1.94 bits per heavy atom. The predicted molar refractivity (Wildman–Crippen MR) is 117 cm³/mol. The van der Waals surface area contributed by atoms with Gasteiger partial charge in [-0.05, 0) is 25.0 Å². The van der Waals surface area contributed by atoms with Gasteiger partial charge < -0.3 is 19.7 Å². The molecule has 0 unspecified atom stereocenters. The highest BCUT2D eigenvalue weighted by Crippen LogP contribution is 2.37. The fourth-order valence-electron chi connectivity index (χ4n) is 3.78. The van der Waals surface area contributed by atoms with Crippen LogP contribution in [-0.2, 0) is 16.0 Å². The fourth-order valence-corrected chi connectivity index (χ4v) is 3.78. The van der Waals surface area contributed by atoms with Crippen molar-refractivity contribution in [1.82, 2.24) is 15.3 Å². The van der Waals surface area contributed by atoms with Crippen LogP contribution >= 0.6 is 0 Å². The smallest absolute Gasteiger partial charge is 0.420 e. The topological polar surface area (TPSA) is 96.9 Å². The number of aromatic nitrogens is 2. The Morgan fingerprint density at radius 1 is 1.18 bits per heavy atom. The van der Waals surface area contributed by atoms with Gasteiger partial charge in [0.15, 0.2) is 0 Å². The number of benzene rings is 1. The number of carbonyl (C=O) groups is 2. The summed E-state index contributed by atoms with van der Waals surface area (Å²) in [7, 11) is 0. The number of morpholine rings is 1. The van der Waals surface area contributed by atoms with E-state index in [9.17, 15) is 22.8 Å². The molecule has 3 heterocycles. The van der Waals surface area contributed by atoms with Crippen molar-refractivity contribution in [2.24, 2.45) is 0 Å². The molecular formula is C22H24F3N5O4. The molecule has 4 rings (SSSR count). The van der Waals surface area contributed by atoms with Gasteiger partial charge in [-0.1, -0.05) is 19.1 Å². The van der Waals surface area contributed by atoms with Crippen molar-refractivity contribution in [3.05, 3.63) is 29.8 Å². The van der Waals surface area contributed by atoms with Gasteiger partial charge in [0.05, 0.1) is 18.9 Å².